The number of nitrogen functional groups attached to an aromatic ring is 1. The molecule has 0 saturated carbocycles. The van der Waals surface area contributed by atoms with Crippen molar-refractivity contribution in [1.29, 1.82) is 0 Å². The van der Waals surface area contributed by atoms with E-state index in [0.29, 0.717) is 27.2 Å². The van der Waals surface area contributed by atoms with Crippen LogP contribution >= 0.6 is 39.1 Å². The predicted octanol–water partition coefficient (Wildman–Crippen LogP) is 4.36. The molecule has 0 aliphatic carbocycles. The Bertz CT molecular complexity index is 680. The molecule has 2 aromatic carbocycles. The number of rotatable bonds is 4. The van der Waals surface area contributed by atoms with Crippen molar-refractivity contribution in [2.24, 2.45) is 0 Å². The maximum absolute atomic E-state index is 11.8. The zero-order valence-electron chi connectivity index (χ0n) is 10.7. The van der Waals surface area contributed by atoms with E-state index in [4.69, 9.17) is 33.7 Å². The molecular formula is C14H11BrCl2N2O2. The van der Waals surface area contributed by atoms with E-state index in [-0.39, 0.29) is 12.5 Å². The second-order valence-corrected chi connectivity index (χ2v) is 5.90. The molecule has 2 rings (SSSR count). The van der Waals surface area contributed by atoms with Crippen LogP contribution in [0.1, 0.15) is 0 Å². The van der Waals surface area contributed by atoms with Gasteiger partial charge in [-0.15, -0.1) is 0 Å². The summed E-state index contributed by atoms with van der Waals surface area (Å²) in [6.07, 6.45) is 0. The quantitative estimate of drug-likeness (QED) is 0.763. The highest BCUT2D eigenvalue weighted by atomic mass is 79.9. The summed E-state index contributed by atoms with van der Waals surface area (Å²) in [5, 5.41) is 3.50. The van der Waals surface area contributed by atoms with E-state index in [2.05, 4.69) is 21.2 Å². The normalized spacial score (nSPS) is 10.2. The van der Waals surface area contributed by atoms with Crippen LogP contribution in [0.3, 0.4) is 0 Å². The smallest absolute Gasteiger partial charge is 0.262 e. The number of hydrogen-bond acceptors (Lipinski definition) is 3. The fraction of sp³-hybridized carbons (Fsp3) is 0.0714. The van der Waals surface area contributed by atoms with Crippen molar-refractivity contribution in [1.82, 2.24) is 0 Å². The van der Waals surface area contributed by atoms with Crippen LogP contribution in [0.2, 0.25) is 10.0 Å². The average molecular weight is 390 g/mol. The first kappa shape index (κ1) is 15.9. The zero-order valence-corrected chi connectivity index (χ0v) is 13.8. The zero-order chi connectivity index (χ0) is 15.4. The van der Waals surface area contributed by atoms with Crippen LogP contribution in [0.5, 0.6) is 5.75 Å². The molecule has 0 radical (unpaired) electrons. The minimum absolute atomic E-state index is 0.184. The monoisotopic (exact) mass is 388 g/mol. The maximum Gasteiger partial charge on any atom is 0.262 e. The number of ether oxygens (including phenoxy) is 1. The van der Waals surface area contributed by atoms with Gasteiger partial charge in [0.05, 0.1) is 16.4 Å². The lowest BCUT2D eigenvalue weighted by atomic mass is 10.2. The molecule has 21 heavy (non-hydrogen) atoms. The molecule has 0 spiro atoms. The molecule has 0 atom stereocenters. The minimum Gasteiger partial charge on any atom is -0.482 e. The largest absolute Gasteiger partial charge is 0.482 e. The van der Waals surface area contributed by atoms with Gasteiger partial charge in [-0.05, 0) is 36.4 Å². The average Bonchev–Trinajstić information content (AvgIpc) is 2.41. The molecule has 3 N–H and O–H groups in total. The van der Waals surface area contributed by atoms with Crippen LogP contribution < -0.4 is 15.8 Å². The molecule has 2 aromatic rings. The highest BCUT2D eigenvalue weighted by Gasteiger charge is 2.08. The van der Waals surface area contributed by atoms with Gasteiger partial charge in [0, 0.05) is 9.50 Å². The van der Waals surface area contributed by atoms with Gasteiger partial charge in [0.25, 0.3) is 5.91 Å². The maximum atomic E-state index is 11.8. The van der Waals surface area contributed by atoms with Crippen LogP contribution in [0.25, 0.3) is 0 Å². The Morgan fingerprint density at radius 3 is 2.67 bits per heavy atom. The lowest BCUT2D eigenvalue weighted by Crippen LogP contribution is -2.20. The van der Waals surface area contributed by atoms with E-state index < -0.39 is 0 Å². The third-order valence-electron chi connectivity index (χ3n) is 2.54. The van der Waals surface area contributed by atoms with Crippen LogP contribution in [0.4, 0.5) is 11.4 Å². The van der Waals surface area contributed by atoms with Gasteiger partial charge in [0.2, 0.25) is 0 Å². The van der Waals surface area contributed by atoms with Crippen LogP contribution in [-0.4, -0.2) is 12.5 Å². The standard InChI is InChI=1S/C14H11BrCl2N2O2/c15-8-1-3-12(11(18)5-8)19-14(20)7-21-13-4-2-9(16)6-10(13)17/h1-6H,7,18H2,(H,19,20). The third kappa shape index (κ3) is 4.52. The van der Waals surface area contributed by atoms with Gasteiger partial charge in [0.15, 0.2) is 6.61 Å². The van der Waals surface area contributed by atoms with Crippen molar-refractivity contribution in [3.8, 4) is 5.75 Å². The Hall–Kier alpha value is -1.43. The van der Waals surface area contributed by atoms with Gasteiger partial charge in [0.1, 0.15) is 5.75 Å². The highest BCUT2D eigenvalue weighted by Crippen LogP contribution is 2.27. The molecule has 7 heteroatoms. The van der Waals surface area contributed by atoms with Crippen LogP contribution in [-0.2, 0) is 4.79 Å². The Morgan fingerprint density at radius 1 is 1.24 bits per heavy atom. The van der Waals surface area contributed by atoms with Crippen molar-refractivity contribution in [2.75, 3.05) is 17.7 Å². The Kier molecular flexibility index (Phi) is 5.33. The van der Waals surface area contributed by atoms with Gasteiger partial charge in [-0.3, -0.25) is 4.79 Å². The first-order chi connectivity index (χ1) is 9.95. The van der Waals surface area contributed by atoms with E-state index in [1.165, 1.54) is 0 Å². The predicted molar refractivity (Wildman–Crippen MR) is 89.1 cm³/mol. The van der Waals surface area contributed by atoms with E-state index >= 15 is 0 Å². The number of amides is 1. The third-order valence-corrected chi connectivity index (χ3v) is 3.56. The minimum atomic E-state index is -0.338. The van der Waals surface area contributed by atoms with Gasteiger partial charge in [-0.2, -0.15) is 0 Å². The molecule has 1 amide bonds. The number of carbonyl (C=O) groups excluding carboxylic acids is 1. The highest BCUT2D eigenvalue weighted by molar-refractivity contribution is 9.10. The Labute approximate surface area is 140 Å². The molecule has 0 unspecified atom stereocenters. The van der Waals surface area contributed by atoms with E-state index in [1.807, 2.05) is 0 Å². The van der Waals surface area contributed by atoms with Gasteiger partial charge < -0.3 is 15.8 Å². The van der Waals surface area contributed by atoms with E-state index in [9.17, 15) is 4.79 Å². The summed E-state index contributed by atoms with van der Waals surface area (Å²) >= 11 is 15.0. The van der Waals surface area contributed by atoms with Gasteiger partial charge in [-0.1, -0.05) is 39.1 Å². The molecule has 0 fully saturated rings. The Morgan fingerprint density at radius 2 is 2.00 bits per heavy atom. The molecule has 0 saturated heterocycles. The first-order valence-corrected chi connectivity index (χ1v) is 7.43. The molecule has 0 bridgehead atoms. The number of carbonyl (C=O) groups is 1. The van der Waals surface area contributed by atoms with Crippen molar-refractivity contribution in [3.05, 3.63) is 50.9 Å². The topological polar surface area (TPSA) is 64.3 Å². The van der Waals surface area contributed by atoms with Crippen LogP contribution in [0.15, 0.2) is 40.9 Å². The lowest BCUT2D eigenvalue weighted by Gasteiger charge is -2.10. The molecular weight excluding hydrogens is 379 g/mol. The molecule has 0 aliphatic rings. The van der Waals surface area contributed by atoms with Gasteiger partial charge >= 0.3 is 0 Å². The molecule has 0 aliphatic heterocycles. The molecule has 4 nitrogen and oxygen atoms in total. The molecule has 0 aromatic heterocycles. The second-order valence-electron chi connectivity index (χ2n) is 4.14. The molecule has 0 heterocycles. The fourth-order valence-corrected chi connectivity index (χ4v) is 2.41. The number of benzene rings is 2. The fourth-order valence-electron chi connectivity index (χ4n) is 1.57. The summed E-state index contributed by atoms with van der Waals surface area (Å²) in [7, 11) is 0. The number of nitrogens with two attached hydrogens (primary N) is 1. The van der Waals surface area contributed by atoms with Crippen molar-refractivity contribution in [3.63, 3.8) is 0 Å². The van der Waals surface area contributed by atoms with E-state index in [1.54, 1.807) is 36.4 Å². The second kappa shape index (κ2) is 7.02. The van der Waals surface area contributed by atoms with Crippen molar-refractivity contribution in [2.45, 2.75) is 0 Å². The summed E-state index contributed by atoms with van der Waals surface area (Å²) < 4.78 is 6.17. The van der Waals surface area contributed by atoms with Crippen molar-refractivity contribution >= 4 is 56.4 Å². The molecule has 110 valence electrons. The Balaban J connectivity index is 1.96. The first-order valence-electron chi connectivity index (χ1n) is 5.88. The van der Waals surface area contributed by atoms with Crippen LogP contribution in [0, 0.1) is 0 Å². The summed E-state index contributed by atoms with van der Waals surface area (Å²) in [6, 6.07) is 9.96. The SMILES string of the molecule is Nc1cc(Br)ccc1NC(=O)COc1ccc(Cl)cc1Cl. The summed E-state index contributed by atoms with van der Waals surface area (Å²) in [6.45, 7) is -0.184. The summed E-state index contributed by atoms with van der Waals surface area (Å²) in [4.78, 5) is 11.8. The number of halogens is 3. The number of hydrogen-bond donors (Lipinski definition) is 2. The summed E-state index contributed by atoms with van der Waals surface area (Å²) in [5.41, 5.74) is 6.78. The summed E-state index contributed by atoms with van der Waals surface area (Å²) in [5.74, 6) is 0.0510. The van der Waals surface area contributed by atoms with E-state index in [0.717, 1.165) is 4.47 Å². The lowest BCUT2D eigenvalue weighted by molar-refractivity contribution is -0.118. The van der Waals surface area contributed by atoms with Crippen molar-refractivity contribution < 1.29 is 9.53 Å². The number of anilines is 2. The van der Waals surface area contributed by atoms with Gasteiger partial charge in [-0.25, -0.2) is 0 Å². The number of nitrogens with one attached hydrogen (secondary N) is 1.